The zero-order valence-electron chi connectivity index (χ0n) is 11.8. The van der Waals surface area contributed by atoms with Crippen LogP contribution in [0, 0.1) is 0 Å². The van der Waals surface area contributed by atoms with Crippen LogP contribution < -0.4 is 10.0 Å². The van der Waals surface area contributed by atoms with Gasteiger partial charge in [-0.25, -0.2) is 13.1 Å². The molecule has 1 atom stereocenters. The lowest BCUT2D eigenvalue weighted by molar-refractivity contribution is 0.0123. The van der Waals surface area contributed by atoms with Gasteiger partial charge >= 0.3 is 0 Å². The SMILES string of the molecule is CNc1ccc(S(=O)(=O)NCCC2CCCCO2)cc1. The van der Waals surface area contributed by atoms with Crippen molar-refractivity contribution in [2.75, 3.05) is 25.5 Å². The maximum atomic E-state index is 12.1. The van der Waals surface area contributed by atoms with Crippen molar-refractivity contribution < 1.29 is 13.2 Å². The highest BCUT2D eigenvalue weighted by atomic mass is 32.2. The summed E-state index contributed by atoms with van der Waals surface area (Å²) in [6.45, 7) is 1.21. The highest BCUT2D eigenvalue weighted by molar-refractivity contribution is 7.89. The van der Waals surface area contributed by atoms with Gasteiger partial charge in [0.15, 0.2) is 0 Å². The van der Waals surface area contributed by atoms with Crippen molar-refractivity contribution in [2.45, 2.75) is 36.7 Å². The molecule has 20 heavy (non-hydrogen) atoms. The molecule has 0 saturated carbocycles. The van der Waals surface area contributed by atoms with Crippen LogP contribution in [0.5, 0.6) is 0 Å². The van der Waals surface area contributed by atoms with Crippen LogP contribution in [0.15, 0.2) is 29.2 Å². The third-order valence-electron chi connectivity index (χ3n) is 3.49. The van der Waals surface area contributed by atoms with Crippen LogP contribution in [-0.2, 0) is 14.8 Å². The van der Waals surface area contributed by atoms with Gasteiger partial charge in [-0.3, -0.25) is 0 Å². The largest absolute Gasteiger partial charge is 0.388 e. The summed E-state index contributed by atoms with van der Waals surface area (Å²) in [4.78, 5) is 0.293. The topological polar surface area (TPSA) is 67.4 Å². The van der Waals surface area contributed by atoms with Crippen molar-refractivity contribution in [3.8, 4) is 0 Å². The average Bonchev–Trinajstić information content (AvgIpc) is 2.48. The molecule has 0 aliphatic carbocycles. The fourth-order valence-corrected chi connectivity index (χ4v) is 3.32. The van der Waals surface area contributed by atoms with Crippen LogP contribution >= 0.6 is 0 Å². The number of anilines is 1. The molecule has 2 N–H and O–H groups in total. The van der Waals surface area contributed by atoms with E-state index in [0.29, 0.717) is 11.4 Å². The molecule has 0 amide bonds. The van der Waals surface area contributed by atoms with Gasteiger partial charge in [0.05, 0.1) is 11.0 Å². The van der Waals surface area contributed by atoms with Gasteiger partial charge < -0.3 is 10.1 Å². The highest BCUT2D eigenvalue weighted by Gasteiger charge is 2.17. The summed E-state index contributed by atoms with van der Waals surface area (Å²) in [6.07, 6.45) is 4.23. The highest BCUT2D eigenvalue weighted by Crippen LogP contribution is 2.16. The third kappa shape index (κ3) is 4.19. The van der Waals surface area contributed by atoms with Gasteiger partial charge in [0.2, 0.25) is 10.0 Å². The molecule has 1 unspecified atom stereocenters. The standard InChI is InChI=1S/C14H22N2O3S/c1-15-12-5-7-14(8-6-12)20(17,18)16-10-9-13-4-2-3-11-19-13/h5-8,13,15-16H,2-4,9-11H2,1H3. The quantitative estimate of drug-likeness (QED) is 0.842. The third-order valence-corrected chi connectivity index (χ3v) is 4.96. The van der Waals surface area contributed by atoms with Crippen molar-refractivity contribution in [1.29, 1.82) is 0 Å². The second-order valence-corrected chi connectivity index (χ2v) is 6.72. The Hall–Kier alpha value is -1.11. The van der Waals surface area contributed by atoms with E-state index < -0.39 is 10.0 Å². The maximum absolute atomic E-state index is 12.1. The number of hydrogen-bond acceptors (Lipinski definition) is 4. The summed E-state index contributed by atoms with van der Waals surface area (Å²) in [5.74, 6) is 0. The normalized spacial score (nSPS) is 19.8. The molecule has 2 rings (SSSR count). The average molecular weight is 298 g/mol. The van der Waals surface area contributed by atoms with E-state index in [1.165, 1.54) is 6.42 Å². The summed E-state index contributed by atoms with van der Waals surface area (Å²) >= 11 is 0. The number of benzene rings is 1. The number of sulfonamides is 1. The number of nitrogens with one attached hydrogen (secondary N) is 2. The molecule has 1 aromatic carbocycles. The van der Waals surface area contributed by atoms with Crippen LogP contribution in [0.1, 0.15) is 25.7 Å². The Bertz CT molecular complexity index is 508. The van der Waals surface area contributed by atoms with Gasteiger partial charge in [-0.2, -0.15) is 0 Å². The molecular weight excluding hydrogens is 276 g/mol. The maximum Gasteiger partial charge on any atom is 0.240 e. The van der Waals surface area contributed by atoms with E-state index in [-0.39, 0.29) is 6.10 Å². The van der Waals surface area contributed by atoms with Crippen LogP contribution in [0.2, 0.25) is 0 Å². The van der Waals surface area contributed by atoms with E-state index >= 15 is 0 Å². The van der Waals surface area contributed by atoms with Gasteiger partial charge in [0.1, 0.15) is 0 Å². The Labute approximate surface area is 120 Å². The molecule has 1 aromatic rings. The predicted octanol–water partition coefficient (Wildman–Crippen LogP) is 1.97. The van der Waals surface area contributed by atoms with Crippen LogP contribution in [0.25, 0.3) is 0 Å². The van der Waals surface area contributed by atoms with Crippen molar-refractivity contribution in [2.24, 2.45) is 0 Å². The Morgan fingerprint density at radius 3 is 2.60 bits per heavy atom. The Balaban J connectivity index is 1.86. The van der Waals surface area contributed by atoms with E-state index in [9.17, 15) is 8.42 Å². The molecule has 0 spiro atoms. The smallest absolute Gasteiger partial charge is 0.240 e. The van der Waals surface area contributed by atoms with Gasteiger partial charge in [0.25, 0.3) is 0 Å². The lowest BCUT2D eigenvalue weighted by Crippen LogP contribution is -2.29. The zero-order valence-corrected chi connectivity index (χ0v) is 12.6. The van der Waals surface area contributed by atoms with Crippen molar-refractivity contribution in [1.82, 2.24) is 4.72 Å². The van der Waals surface area contributed by atoms with Crippen molar-refractivity contribution in [3.05, 3.63) is 24.3 Å². The van der Waals surface area contributed by atoms with Gasteiger partial charge in [-0.1, -0.05) is 0 Å². The first-order valence-electron chi connectivity index (χ1n) is 7.01. The minimum Gasteiger partial charge on any atom is -0.388 e. The molecule has 0 aromatic heterocycles. The van der Waals surface area contributed by atoms with E-state index in [1.807, 2.05) is 0 Å². The zero-order chi connectivity index (χ0) is 14.4. The lowest BCUT2D eigenvalue weighted by Gasteiger charge is -2.22. The summed E-state index contributed by atoms with van der Waals surface area (Å²) in [5, 5.41) is 2.96. The minimum atomic E-state index is -3.42. The Kier molecular flexibility index (Phi) is 5.39. The molecule has 1 aliphatic rings. The summed E-state index contributed by atoms with van der Waals surface area (Å²) in [5.41, 5.74) is 0.888. The minimum absolute atomic E-state index is 0.193. The van der Waals surface area contributed by atoms with Gasteiger partial charge in [-0.15, -0.1) is 0 Å². The second kappa shape index (κ2) is 7.06. The first-order valence-corrected chi connectivity index (χ1v) is 8.49. The monoisotopic (exact) mass is 298 g/mol. The van der Waals surface area contributed by atoms with Crippen LogP contribution in [0.3, 0.4) is 0 Å². The van der Waals surface area contributed by atoms with E-state index in [0.717, 1.165) is 31.6 Å². The van der Waals surface area contributed by atoms with Crippen LogP contribution in [-0.4, -0.2) is 34.7 Å². The fourth-order valence-electron chi connectivity index (χ4n) is 2.27. The lowest BCUT2D eigenvalue weighted by atomic mass is 10.1. The van der Waals surface area contributed by atoms with E-state index in [1.54, 1.807) is 31.3 Å². The van der Waals surface area contributed by atoms with E-state index in [4.69, 9.17) is 4.74 Å². The molecule has 5 nitrogen and oxygen atoms in total. The van der Waals surface area contributed by atoms with Crippen LogP contribution in [0.4, 0.5) is 5.69 Å². The first kappa shape index (κ1) is 15.3. The molecule has 1 aliphatic heterocycles. The Morgan fingerprint density at radius 2 is 2.00 bits per heavy atom. The molecule has 6 heteroatoms. The first-order chi connectivity index (χ1) is 9.62. The Morgan fingerprint density at radius 1 is 1.25 bits per heavy atom. The molecule has 1 saturated heterocycles. The summed E-state index contributed by atoms with van der Waals surface area (Å²) in [6, 6.07) is 6.70. The molecule has 1 heterocycles. The van der Waals surface area contributed by atoms with E-state index in [2.05, 4.69) is 10.0 Å². The number of rotatable bonds is 6. The molecule has 0 bridgehead atoms. The fraction of sp³-hybridized carbons (Fsp3) is 0.571. The summed E-state index contributed by atoms with van der Waals surface area (Å²) in [7, 11) is -1.62. The second-order valence-electron chi connectivity index (χ2n) is 4.95. The summed E-state index contributed by atoms with van der Waals surface area (Å²) < 4.78 is 32.4. The van der Waals surface area contributed by atoms with Gasteiger partial charge in [-0.05, 0) is 49.9 Å². The predicted molar refractivity (Wildman–Crippen MR) is 79.4 cm³/mol. The molecule has 0 radical (unpaired) electrons. The number of hydrogen-bond donors (Lipinski definition) is 2. The molecule has 1 fully saturated rings. The van der Waals surface area contributed by atoms with Crippen molar-refractivity contribution in [3.63, 3.8) is 0 Å². The molecule has 112 valence electrons. The van der Waals surface area contributed by atoms with Crippen molar-refractivity contribution >= 4 is 15.7 Å². The number of ether oxygens (including phenoxy) is 1. The van der Waals surface area contributed by atoms with Gasteiger partial charge in [0, 0.05) is 25.9 Å². The molecular formula is C14H22N2O3S.